The zero-order chi connectivity index (χ0) is 53.9. The van der Waals surface area contributed by atoms with E-state index in [0.29, 0.717) is 0 Å². The molecule has 52 heteroatoms. The molecule has 0 spiro atoms. The maximum absolute atomic E-state index is 13.2. The first-order valence-electron chi connectivity index (χ1n) is 17.0. The fourth-order valence-corrected chi connectivity index (χ4v) is 19.4. The molecule has 0 amide bonds. The first-order valence-corrected chi connectivity index (χ1v) is 30.2. The zero-order valence-corrected chi connectivity index (χ0v) is 56.5. The summed E-state index contributed by atoms with van der Waals surface area (Å²) in [5, 5.41) is 0. The number of alkyl halides is 12. The quantitative estimate of drug-likeness (QED) is 0.0319. The third kappa shape index (κ3) is 31.2. The van der Waals surface area contributed by atoms with Crippen molar-refractivity contribution in [1.29, 1.82) is 0 Å². The van der Waals surface area contributed by atoms with E-state index >= 15 is 0 Å². The molecule has 0 aromatic rings. The summed E-state index contributed by atoms with van der Waals surface area (Å²) in [4.78, 5) is 131. The van der Waals surface area contributed by atoms with Crippen molar-refractivity contribution in [3.63, 3.8) is 0 Å². The van der Waals surface area contributed by atoms with E-state index in [-0.39, 0.29) is 210 Å². The van der Waals surface area contributed by atoms with E-state index < -0.39 is 201 Å². The van der Waals surface area contributed by atoms with Gasteiger partial charge in [0.2, 0.25) is 11.0 Å². The summed E-state index contributed by atoms with van der Waals surface area (Å²) >= 11 is 0. The van der Waals surface area contributed by atoms with Gasteiger partial charge in [-0.1, -0.05) is 0 Å². The van der Waals surface area contributed by atoms with Gasteiger partial charge in [0.1, 0.15) is 18.7 Å². The van der Waals surface area contributed by atoms with Crippen molar-refractivity contribution in [1.82, 2.24) is 19.6 Å². The van der Waals surface area contributed by atoms with Crippen LogP contribution >= 0.6 is 60.8 Å². The van der Waals surface area contributed by atoms with E-state index in [1.165, 1.54) is 0 Å². The van der Waals surface area contributed by atoms with Gasteiger partial charge < -0.3 is 81.5 Å². The molecule has 1 heterocycles. The maximum atomic E-state index is 13.2. The largest absolute Gasteiger partial charge is 1.00 e. The van der Waals surface area contributed by atoms with Crippen LogP contribution in [0.1, 0.15) is 0 Å². The number of nitrogens with zero attached hydrogens (tertiary/aromatic N) is 4. The van der Waals surface area contributed by atoms with Gasteiger partial charge in [0.15, 0.2) is 33.9 Å². The van der Waals surface area contributed by atoms with Crippen LogP contribution in [0.5, 0.6) is 0 Å². The Morgan fingerprint density at radius 2 is 0.542 bits per heavy atom. The summed E-state index contributed by atoms with van der Waals surface area (Å²) in [5.74, 6) is 0. The van der Waals surface area contributed by atoms with E-state index in [4.69, 9.17) is 0 Å². The van der Waals surface area contributed by atoms with Gasteiger partial charge in [0.05, 0.1) is 0 Å². The third-order valence-electron chi connectivity index (χ3n) is 7.98. The Hall–Kier alpha value is 6.75. The zero-order valence-electron chi connectivity index (χ0n) is 36.8. The smallest absolute Gasteiger partial charge is 0.809 e. The van der Waals surface area contributed by atoms with Crippen molar-refractivity contribution in [2.75, 3.05) is 78.8 Å². The van der Waals surface area contributed by atoms with Gasteiger partial charge >= 0.3 is 268 Å². The van der Waals surface area contributed by atoms with Crippen molar-refractivity contribution >= 4 is 60.8 Å². The van der Waals surface area contributed by atoms with E-state index in [0.717, 1.165) is 0 Å². The van der Waals surface area contributed by atoms with Crippen LogP contribution in [-0.4, -0.2) is 184 Å². The second kappa shape index (κ2) is 32.5. The van der Waals surface area contributed by atoms with Crippen LogP contribution in [0.3, 0.4) is 0 Å². The van der Waals surface area contributed by atoms with E-state index in [9.17, 15) is 148 Å². The molecule has 8 atom stereocenters. The molecule has 0 aromatic heterocycles. The van der Waals surface area contributed by atoms with Crippen LogP contribution in [0, 0.1) is 0 Å². The van der Waals surface area contributed by atoms with Crippen LogP contribution < -0.4 is 225 Å². The summed E-state index contributed by atoms with van der Waals surface area (Å²) < 4.78 is 274. The van der Waals surface area contributed by atoms with Gasteiger partial charge in [-0.15, -0.1) is 0 Å². The van der Waals surface area contributed by atoms with Crippen LogP contribution in [-0.2, 0) is 54.6 Å². The monoisotopic (exact) mass is 1350 g/mol. The molecule has 1 rings (SSSR count). The van der Waals surface area contributed by atoms with Crippen LogP contribution in [0.25, 0.3) is 0 Å². The summed E-state index contributed by atoms with van der Waals surface area (Å²) in [6, 6.07) is 0. The van der Waals surface area contributed by atoms with Gasteiger partial charge in [-0.3, -0.25) is 51.5 Å². The van der Waals surface area contributed by atoms with Crippen molar-refractivity contribution in [3.8, 4) is 0 Å². The van der Waals surface area contributed by atoms with Crippen molar-refractivity contribution in [2.24, 2.45) is 0 Å². The minimum absolute atomic E-state index is 0. The van der Waals surface area contributed by atoms with Gasteiger partial charge in [-0.05, 0) is 7.60 Å². The molecule has 0 aromatic carbocycles. The molecule has 8 unspecified atom stereocenters. The molecular formula is C20H36F12K4N4O24P8. The van der Waals surface area contributed by atoms with E-state index in [1.54, 1.807) is 0 Å². The SMILES string of the molecule is O=P([O-])([O-])C(N1CCN(C(P(=O)(O)O)P(=O)([O-])OCC(F)(F)F)CCN(C(P(=O)(O)O)P(=O)(O)OCC(F)(F)F)CCN(C(P(=O)(O)O)P(=O)(O)OCC(F)(F)F)CC1)P(=O)([O-])OCC(F)(F)F.[K+].[K+].[K+].[K+]. The minimum atomic E-state index is -7.23. The molecule has 28 nitrogen and oxygen atoms in total. The topological polar surface area (TPSA) is 441 Å². The van der Waals surface area contributed by atoms with Crippen LogP contribution in [0.2, 0.25) is 0 Å². The summed E-state index contributed by atoms with van der Waals surface area (Å²) in [6.45, 7) is -27.2. The molecule has 1 fully saturated rings. The Kier molecular flexibility index (Phi) is 38.4. The molecule has 0 saturated carbocycles. The Morgan fingerprint density at radius 3 is 0.736 bits per heavy atom. The fraction of sp³-hybridized carbons (Fsp3) is 1.00. The van der Waals surface area contributed by atoms with E-state index in [2.05, 4.69) is 18.1 Å². The predicted octanol–water partition coefficient (Wildman–Crippen LogP) is -12.4. The minimum Gasteiger partial charge on any atom is -0.809 e. The van der Waals surface area contributed by atoms with Gasteiger partial charge in [0, 0.05) is 52.4 Å². The van der Waals surface area contributed by atoms with Crippen LogP contribution in [0.4, 0.5) is 52.7 Å². The molecule has 1 aliphatic heterocycles. The average molecular weight is 1350 g/mol. The van der Waals surface area contributed by atoms with Crippen molar-refractivity contribution < 1.29 is 372 Å². The van der Waals surface area contributed by atoms with Gasteiger partial charge in [-0.25, -0.2) is 0 Å². The van der Waals surface area contributed by atoms with Crippen molar-refractivity contribution in [2.45, 2.75) is 46.8 Å². The van der Waals surface area contributed by atoms with Gasteiger partial charge in [-0.2, -0.15) is 52.7 Å². The molecule has 1 aliphatic rings. The van der Waals surface area contributed by atoms with Crippen LogP contribution in [0.15, 0.2) is 0 Å². The predicted molar refractivity (Wildman–Crippen MR) is 188 cm³/mol. The Bertz CT molecular complexity index is 1820. The normalized spacial score (nSPS) is 21.9. The molecule has 1 saturated heterocycles. The molecule has 72 heavy (non-hydrogen) atoms. The van der Waals surface area contributed by atoms with E-state index in [1.807, 2.05) is 0 Å². The number of rotatable bonds is 20. The standard InChI is InChI=1S/C20H40F12N4O24P8.4K/c21-17(22,23)9-57-65(49,50)13(61(37,38)39)33-1-2-34(14(62(40,41)42)66(51,52)58-10-18(24,25)26)5-6-36(16(64(46,47)48)68(55,56)60-12-20(30,31)32)8-7-35(4-3-33)15(63(43,44)45)67(53,54)59-11-19(27,28)29;;;;/h13-16H,1-12H2,(H,49,50)(H,51,52)(H,53,54)(H,55,56)(H2,37,38,39)(H2,40,41,42)(H2,43,44,45)(H2,46,47,48);;;;/q;4*+1/p-4. The first-order chi connectivity index (χ1) is 29.7. The molecule has 0 radical (unpaired) electrons. The first kappa shape index (κ1) is 85.2. The molecular weight excluding hydrogens is 1310 g/mol. The number of hydrogen-bond acceptors (Lipinski definition) is 20. The summed E-state index contributed by atoms with van der Waals surface area (Å²) in [5.41, 5.74) is -15.8. The number of hydrogen-bond donors (Lipinski definition) is 8. The Labute approximate surface area is 567 Å². The summed E-state index contributed by atoms with van der Waals surface area (Å²) in [7, 11) is -54.9. The fourth-order valence-electron chi connectivity index (χ4n) is 5.71. The molecule has 0 aliphatic carbocycles. The maximum Gasteiger partial charge on any atom is 1.00 e. The summed E-state index contributed by atoms with van der Waals surface area (Å²) in [6.07, 6.45) is -22.7. The third-order valence-corrected chi connectivity index (χ3v) is 24.2. The second-order valence-electron chi connectivity index (χ2n) is 13.6. The van der Waals surface area contributed by atoms with Gasteiger partial charge in [0.25, 0.3) is 0 Å². The molecule has 408 valence electrons. The molecule has 0 bridgehead atoms. The molecule has 8 N–H and O–H groups in total. The number of halogens is 12. The Morgan fingerprint density at radius 1 is 0.361 bits per heavy atom. The Balaban J connectivity index is -0.00000578. The average Bonchev–Trinajstić information content (AvgIpc) is 3.05. The second-order valence-corrected chi connectivity index (χ2v) is 29.2. The van der Waals surface area contributed by atoms with Crippen molar-refractivity contribution in [3.05, 3.63) is 0 Å².